The first-order valence-electron chi connectivity index (χ1n) is 1.21. The van der Waals surface area contributed by atoms with Crippen LogP contribution in [0.3, 0.4) is 0 Å². The molecule has 0 amide bonds. The molecule has 6 heavy (non-hydrogen) atoms. The SMILES string of the molecule is [O]=[Zr]([OH])[O]O[SiH3]. The van der Waals surface area contributed by atoms with Crippen molar-refractivity contribution >= 4 is 10.5 Å². The van der Waals surface area contributed by atoms with Crippen LogP contribution in [0, 0.1) is 0 Å². The van der Waals surface area contributed by atoms with Crippen molar-refractivity contribution in [3.8, 4) is 0 Å². The second-order valence-corrected chi connectivity index (χ2v) is 2.57. The molecule has 0 aromatic carbocycles. The zero-order valence-electron chi connectivity index (χ0n) is 3.17. The van der Waals surface area contributed by atoms with Gasteiger partial charge in [0.1, 0.15) is 0 Å². The summed E-state index contributed by atoms with van der Waals surface area (Å²) < 4.78 is 25.2. The molecule has 0 heterocycles. The predicted octanol–water partition coefficient (Wildman–Crippen LogP) is -2.00. The molecule has 0 aromatic heterocycles. The molecule has 0 unspecified atom stereocenters. The van der Waals surface area contributed by atoms with Crippen LogP contribution in [0.15, 0.2) is 0 Å². The van der Waals surface area contributed by atoms with Crippen LogP contribution in [0.2, 0.25) is 0 Å². The van der Waals surface area contributed by atoms with Gasteiger partial charge in [-0.25, -0.2) is 0 Å². The first kappa shape index (κ1) is 6.78. The van der Waals surface area contributed by atoms with E-state index in [1.807, 2.05) is 0 Å². The van der Waals surface area contributed by atoms with Crippen molar-refractivity contribution in [3.05, 3.63) is 0 Å². The van der Waals surface area contributed by atoms with Crippen LogP contribution in [-0.4, -0.2) is 13.7 Å². The first-order valence-corrected chi connectivity index (χ1v) is 5.13. The molecule has 6 heteroatoms. The van der Waals surface area contributed by atoms with Crippen LogP contribution in [0.5, 0.6) is 0 Å². The Kier molecular flexibility index (Phi) is 4.47. The molecule has 0 rings (SSSR count). The Bertz CT molecular complexity index is 51.5. The van der Waals surface area contributed by atoms with Crippen molar-refractivity contribution in [3.63, 3.8) is 0 Å². The maximum atomic E-state index is 9.55. The van der Waals surface area contributed by atoms with Gasteiger partial charge < -0.3 is 0 Å². The fraction of sp³-hybridized carbons (Fsp3) is 0. The summed E-state index contributed by atoms with van der Waals surface area (Å²) in [4.78, 5) is 0. The third-order valence-electron chi connectivity index (χ3n) is 0.155. The number of rotatable bonds is 2. The summed E-state index contributed by atoms with van der Waals surface area (Å²) in [6.07, 6.45) is 0. The molecule has 0 bridgehead atoms. The molecule has 0 radical (unpaired) electrons. The van der Waals surface area contributed by atoms with Crippen molar-refractivity contribution in [2.45, 2.75) is 0 Å². The molecular formula is H4O4SiZr. The Morgan fingerprint density at radius 1 is 1.83 bits per heavy atom. The average Bonchev–Trinajstić information content (AvgIpc) is 1.35. The quantitative estimate of drug-likeness (QED) is 0.309. The Morgan fingerprint density at radius 2 is 2.33 bits per heavy atom. The monoisotopic (exact) mass is 186 g/mol. The predicted molar refractivity (Wildman–Crippen MR) is 15.0 cm³/mol. The van der Waals surface area contributed by atoms with E-state index in [-0.39, 0.29) is 0 Å². The van der Waals surface area contributed by atoms with Crippen molar-refractivity contribution in [2.75, 3.05) is 0 Å². The number of hydrogen-bond donors (Lipinski definition) is 1. The molecule has 36 valence electrons. The molecular weight excluding hydrogens is 183 g/mol. The van der Waals surface area contributed by atoms with Gasteiger partial charge in [-0.15, -0.1) is 0 Å². The zero-order valence-corrected chi connectivity index (χ0v) is 7.63. The van der Waals surface area contributed by atoms with Gasteiger partial charge in [0.05, 0.1) is 0 Å². The van der Waals surface area contributed by atoms with E-state index in [1.165, 1.54) is 0 Å². The average molecular weight is 187 g/mol. The summed E-state index contributed by atoms with van der Waals surface area (Å²) in [5.74, 6) is 0. The van der Waals surface area contributed by atoms with E-state index in [4.69, 9.17) is 3.18 Å². The van der Waals surface area contributed by atoms with Gasteiger partial charge in [-0.2, -0.15) is 0 Å². The first-order chi connectivity index (χ1) is 2.77. The number of hydrogen-bond acceptors (Lipinski definition) is 3. The maximum absolute atomic E-state index is 9.55. The molecule has 1 N–H and O–H groups in total. The van der Waals surface area contributed by atoms with E-state index >= 15 is 0 Å². The van der Waals surface area contributed by atoms with Crippen LogP contribution in [0.25, 0.3) is 0 Å². The van der Waals surface area contributed by atoms with Crippen LogP contribution < -0.4 is 0 Å². The van der Waals surface area contributed by atoms with Crippen molar-refractivity contribution in [2.24, 2.45) is 0 Å². The van der Waals surface area contributed by atoms with E-state index in [1.54, 1.807) is 0 Å². The molecule has 0 fully saturated rings. The summed E-state index contributed by atoms with van der Waals surface area (Å²) in [6, 6.07) is 0. The minimum absolute atomic E-state index is 0.354. The minimum atomic E-state index is -3.55. The van der Waals surface area contributed by atoms with Crippen LogP contribution in [0.4, 0.5) is 0 Å². The Hall–Kier alpha value is 0.780. The summed E-state index contributed by atoms with van der Waals surface area (Å²) >= 11 is -3.55. The molecule has 0 aromatic rings. The van der Waals surface area contributed by atoms with E-state index < -0.39 is 22.6 Å². The van der Waals surface area contributed by atoms with E-state index in [9.17, 15) is 2.81 Å². The van der Waals surface area contributed by atoms with E-state index in [0.717, 1.165) is 0 Å². The van der Waals surface area contributed by atoms with Gasteiger partial charge in [0, 0.05) is 0 Å². The Balaban J connectivity index is 2.83. The third kappa shape index (κ3) is 4.78. The molecule has 4 nitrogen and oxygen atoms in total. The van der Waals surface area contributed by atoms with Crippen LogP contribution in [-0.2, 0) is 33.0 Å². The Morgan fingerprint density at radius 3 is 2.33 bits per heavy atom. The van der Waals surface area contributed by atoms with Crippen molar-refractivity contribution in [1.29, 1.82) is 0 Å². The van der Waals surface area contributed by atoms with Gasteiger partial charge in [0.2, 0.25) is 0 Å². The summed E-state index contributed by atoms with van der Waals surface area (Å²) in [5.41, 5.74) is 0. The molecule has 0 aliphatic rings. The van der Waals surface area contributed by atoms with Gasteiger partial charge in [-0.3, -0.25) is 0 Å². The van der Waals surface area contributed by atoms with Gasteiger partial charge in [-0.1, -0.05) is 0 Å². The summed E-state index contributed by atoms with van der Waals surface area (Å²) in [7, 11) is 0.354. The van der Waals surface area contributed by atoms with Gasteiger partial charge in [0.25, 0.3) is 0 Å². The van der Waals surface area contributed by atoms with Gasteiger partial charge in [0.15, 0.2) is 0 Å². The summed E-state index contributed by atoms with van der Waals surface area (Å²) in [6.45, 7) is 0. The molecule has 0 saturated heterocycles. The van der Waals surface area contributed by atoms with Gasteiger partial charge >= 0.3 is 46.7 Å². The topological polar surface area (TPSA) is 55.8 Å². The van der Waals surface area contributed by atoms with Crippen molar-refractivity contribution in [1.82, 2.24) is 0 Å². The summed E-state index contributed by atoms with van der Waals surface area (Å²) in [5, 5.41) is 0. The molecule has 0 saturated carbocycles. The van der Waals surface area contributed by atoms with Crippen LogP contribution in [0.1, 0.15) is 0 Å². The third-order valence-corrected chi connectivity index (χ3v) is 1.90. The van der Waals surface area contributed by atoms with Gasteiger partial charge in [-0.05, 0) is 0 Å². The standard InChI is InChI=1S/H4O2Si.H2O.O.Zr/c1-2-3;;;/h1H,3H3;1H2;;/q;;;+2/p-2. The molecule has 0 spiro atoms. The second kappa shape index (κ2) is 3.95. The second-order valence-electron chi connectivity index (χ2n) is 0.516. The fourth-order valence-electron chi connectivity index (χ4n) is 0.0713. The van der Waals surface area contributed by atoms with Crippen LogP contribution >= 0.6 is 0 Å². The molecule has 0 atom stereocenters. The Labute approximate surface area is 46.9 Å². The van der Waals surface area contributed by atoms with E-state index in [0.29, 0.717) is 10.5 Å². The zero-order chi connectivity index (χ0) is 4.99. The molecule has 0 aliphatic heterocycles. The molecule has 0 aliphatic carbocycles. The normalized spacial score (nSPS) is 8.83. The fourth-order valence-corrected chi connectivity index (χ4v) is 1.27. The van der Waals surface area contributed by atoms with E-state index in [2.05, 4.69) is 7.54 Å². The van der Waals surface area contributed by atoms with Crippen molar-refractivity contribution < 1.29 is 36.2 Å².